The molecule has 3 aromatic carbocycles. The lowest BCUT2D eigenvalue weighted by atomic mass is 9.54. The van der Waals surface area contributed by atoms with Crippen LogP contribution in [0.1, 0.15) is 22.3 Å². The van der Waals surface area contributed by atoms with Gasteiger partial charge >= 0.3 is 0 Å². The molecule has 2 bridgehead atoms. The summed E-state index contributed by atoms with van der Waals surface area (Å²) in [4.78, 5) is 28.7. The van der Waals surface area contributed by atoms with E-state index in [1.54, 1.807) is 0 Å². The molecule has 0 spiro atoms. The van der Waals surface area contributed by atoms with Crippen LogP contribution in [-0.2, 0) is 18.2 Å². The number of hydrogen-bond acceptors (Lipinski definition) is 2. The normalized spacial score (nSPS) is 30.8. The first-order chi connectivity index (χ1) is 14.4. The third-order valence-corrected chi connectivity index (χ3v) is 9.37. The molecule has 1 aliphatic heterocycles. The largest absolute Gasteiger partial charge is 0.274 e. The van der Waals surface area contributed by atoms with Crippen LogP contribution in [0.4, 0.5) is 10.1 Å². The molecule has 0 radical (unpaired) electrons. The average molecular weight is 527 g/mol. The highest BCUT2D eigenvalue weighted by Crippen LogP contribution is 2.70. The van der Waals surface area contributed by atoms with Crippen molar-refractivity contribution in [3.63, 3.8) is 0 Å². The molecular weight excluding hydrogens is 513 g/mol. The topological polar surface area (TPSA) is 37.4 Å². The van der Waals surface area contributed by atoms with Crippen molar-refractivity contribution in [3.05, 3.63) is 101 Å². The molecule has 0 N–H and O–H groups in total. The number of amides is 2. The third-order valence-electron chi connectivity index (χ3n) is 6.67. The Morgan fingerprint density at radius 2 is 1.03 bits per heavy atom. The lowest BCUT2D eigenvalue weighted by Gasteiger charge is -2.55. The number of carbonyl (C=O) groups excluding carboxylic acids is 2. The third kappa shape index (κ3) is 1.95. The number of rotatable bonds is 1. The van der Waals surface area contributed by atoms with Crippen molar-refractivity contribution < 1.29 is 14.0 Å². The number of nitrogens with zero attached hydrogens (tertiary/aromatic N) is 1. The number of imide groups is 1. The second kappa shape index (κ2) is 5.89. The first-order valence-electron chi connectivity index (χ1n) is 9.61. The smallest absolute Gasteiger partial charge is 0.239 e. The highest BCUT2D eigenvalue weighted by Gasteiger charge is 2.72. The minimum atomic E-state index is -0.818. The predicted octanol–water partition coefficient (Wildman–Crippen LogP) is 5.24. The first-order valence-corrected chi connectivity index (χ1v) is 11.2. The lowest BCUT2D eigenvalue weighted by Crippen LogP contribution is -2.56. The highest BCUT2D eigenvalue weighted by molar-refractivity contribution is 9.10. The Bertz CT molecular complexity index is 1130. The summed E-state index contributed by atoms with van der Waals surface area (Å²) in [7, 11) is 0. The molecule has 7 rings (SSSR count). The van der Waals surface area contributed by atoms with Gasteiger partial charge in [-0.05, 0) is 46.5 Å². The Kier molecular flexibility index (Phi) is 3.62. The van der Waals surface area contributed by atoms with E-state index < -0.39 is 26.3 Å². The van der Waals surface area contributed by atoms with Crippen LogP contribution in [0.5, 0.6) is 0 Å². The molecule has 1 fully saturated rings. The van der Waals surface area contributed by atoms with Crippen LogP contribution in [0.15, 0.2) is 72.8 Å². The molecule has 148 valence electrons. The molecule has 0 saturated carbocycles. The monoisotopic (exact) mass is 525 g/mol. The van der Waals surface area contributed by atoms with Gasteiger partial charge in [0.2, 0.25) is 11.8 Å². The van der Waals surface area contributed by atoms with Gasteiger partial charge in [-0.1, -0.05) is 80.4 Å². The van der Waals surface area contributed by atoms with Gasteiger partial charge in [-0.2, -0.15) is 0 Å². The summed E-state index contributed by atoms with van der Waals surface area (Å²) in [6.07, 6.45) is 0. The van der Waals surface area contributed by atoms with Crippen LogP contribution < -0.4 is 4.90 Å². The Morgan fingerprint density at radius 3 is 1.40 bits per heavy atom. The summed E-state index contributed by atoms with van der Waals surface area (Å²) in [5, 5.41) is 0. The zero-order valence-corrected chi connectivity index (χ0v) is 18.7. The van der Waals surface area contributed by atoms with E-state index in [1.807, 2.05) is 48.5 Å². The van der Waals surface area contributed by atoms with E-state index in [0.29, 0.717) is 5.69 Å². The van der Waals surface area contributed by atoms with E-state index >= 15 is 0 Å². The number of carbonyl (C=O) groups is 2. The second-order valence-corrected chi connectivity index (χ2v) is 10.5. The summed E-state index contributed by atoms with van der Waals surface area (Å²) < 4.78 is 11.8. The van der Waals surface area contributed by atoms with E-state index in [9.17, 15) is 14.0 Å². The standard InChI is InChI=1S/C24H14Br2FNO2/c25-23-15-5-1-2-6-16(15)24(26,18-8-4-3-7-17(18)23)20-19(23)21(29)28(22(20)30)14-11-9-13(27)10-12-14/h1-12,19-20H/t19-,20+,23?,24?. The van der Waals surface area contributed by atoms with Crippen LogP contribution in [0, 0.1) is 17.7 Å². The molecule has 1 saturated heterocycles. The number of alkyl halides is 2. The summed E-state index contributed by atoms with van der Waals surface area (Å²) in [5.74, 6) is -2.22. The zero-order valence-electron chi connectivity index (χ0n) is 15.5. The molecule has 6 heteroatoms. The lowest BCUT2D eigenvalue weighted by molar-refractivity contribution is -0.122. The van der Waals surface area contributed by atoms with Crippen molar-refractivity contribution in [3.8, 4) is 0 Å². The van der Waals surface area contributed by atoms with E-state index in [-0.39, 0.29) is 11.8 Å². The number of anilines is 1. The fourth-order valence-electron chi connectivity index (χ4n) is 5.51. The van der Waals surface area contributed by atoms with Crippen molar-refractivity contribution >= 4 is 49.4 Å². The molecule has 0 unspecified atom stereocenters. The summed E-state index contributed by atoms with van der Waals surface area (Å²) in [6, 6.07) is 21.4. The van der Waals surface area contributed by atoms with Gasteiger partial charge in [-0.3, -0.25) is 9.59 Å². The van der Waals surface area contributed by atoms with Crippen LogP contribution in [0.25, 0.3) is 0 Å². The Morgan fingerprint density at radius 1 is 0.667 bits per heavy atom. The van der Waals surface area contributed by atoms with Crippen LogP contribution >= 0.6 is 31.9 Å². The highest BCUT2D eigenvalue weighted by atomic mass is 79.9. The molecule has 2 atom stereocenters. The van der Waals surface area contributed by atoms with Gasteiger partial charge in [-0.15, -0.1) is 0 Å². The van der Waals surface area contributed by atoms with Gasteiger partial charge in [0.25, 0.3) is 0 Å². The van der Waals surface area contributed by atoms with Crippen molar-refractivity contribution in [2.24, 2.45) is 11.8 Å². The van der Waals surface area contributed by atoms with Gasteiger partial charge in [0.1, 0.15) is 5.82 Å². The maximum atomic E-state index is 13.8. The number of benzene rings is 3. The fraction of sp³-hybridized carbons (Fsp3) is 0.167. The van der Waals surface area contributed by atoms with Gasteiger partial charge in [0.05, 0.1) is 26.2 Å². The molecule has 2 amide bonds. The minimum absolute atomic E-state index is 0.277. The molecule has 3 aliphatic carbocycles. The van der Waals surface area contributed by atoms with Crippen molar-refractivity contribution in [1.29, 1.82) is 0 Å². The van der Waals surface area contributed by atoms with Gasteiger partial charge < -0.3 is 0 Å². The van der Waals surface area contributed by atoms with Crippen LogP contribution in [-0.4, -0.2) is 11.8 Å². The molecule has 0 aromatic heterocycles. The van der Waals surface area contributed by atoms with Gasteiger partial charge in [-0.25, -0.2) is 9.29 Å². The van der Waals surface area contributed by atoms with Gasteiger partial charge in [0.15, 0.2) is 0 Å². The molecule has 1 heterocycles. The van der Waals surface area contributed by atoms with E-state index in [2.05, 4.69) is 31.9 Å². The molecular formula is C24H14Br2FNO2. The fourth-order valence-corrected chi connectivity index (χ4v) is 7.82. The number of halogens is 3. The predicted molar refractivity (Wildman–Crippen MR) is 118 cm³/mol. The second-order valence-electron chi connectivity index (χ2n) is 7.96. The first kappa shape index (κ1) is 18.5. The maximum Gasteiger partial charge on any atom is 0.239 e. The zero-order chi connectivity index (χ0) is 20.8. The van der Waals surface area contributed by atoms with Crippen molar-refractivity contribution in [1.82, 2.24) is 0 Å². The maximum absolute atomic E-state index is 13.8. The van der Waals surface area contributed by atoms with Crippen molar-refractivity contribution in [2.75, 3.05) is 4.90 Å². The molecule has 30 heavy (non-hydrogen) atoms. The van der Waals surface area contributed by atoms with E-state index in [4.69, 9.17) is 0 Å². The van der Waals surface area contributed by atoms with Crippen LogP contribution in [0.2, 0.25) is 0 Å². The van der Waals surface area contributed by atoms with Crippen LogP contribution in [0.3, 0.4) is 0 Å². The Hall–Kier alpha value is -2.31. The summed E-state index contributed by atoms with van der Waals surface area (Å²) >= 11 is 7.92. The quantitative estimate of drug-likeness (QED) is 0.321. The molecule has 3 aromatic rings. The average Bonchev–Trinajstić information content (AvgIpc) is 3.04. The SMILES string of the molecule is O=C1[C@@H]2[C@H](C(=O)N1c1ccc(F)cc1)C1(Br)c3ccccc3C2(Br)c2ccccc21. The van der Waals surface area contributed by atoms with E-state index in [0.717, 1.165) is 22.3 Å². The minimum Gasteiger partial charge on any atom is -0.274 e. The summed E-state index contributed by atoms with van der Waals surface area (Å²) in [6.45, 7) is 0. The summed E-state index contributed by atoms with van der Waals surface area (Å²) in [5.41, 5.74) is 4.35. The molecule has 3 nitrogen and oxygen atoms in total. The Labute approximate surface area is 189 Å². The molecule has 4 aliphatic rings. The van der Waals surface area contributed by atoms with E-state index in [1.165, 1.54) is 29.2 Å². The van der Waals surface area contributed by atoms with Gasteiger partial charge in [0, 0.05) is 0 Å². The number of hydrogen-bond donors (Lipinski definition) is 0. The Balaban J connectivity index is 1.66. The van der Waals surface area contributed by atoms with Crippen molar-refractivity contribution in [2.45, 2.75) is 8.65 Å².